The molecule has 0 saturated carbocycles. The van der Waals surface area contributed by atoms with Crippen molar-refractivity contribution in [2.24, 2.45) is 0 Å². The van der Waals surface area contributed by atoms with Gasteiger partial charge in [-0.25, -0.2) is 0 Å². The van der Waals surface area contributed by atoms with Crippen LogP contribution in [0, 0.1) is 10.1 Å². The number of para-hydroxylation sites is 1. The van der Waals surface area contributed by atoms with Gasteiger partial charge >= 0.3 is 0 Å². The lowest BCUT2D eigenvalue weighted by Gasteiger charge is -2.13. The summed E-state index contributed by atoms with van der Waals surface area (Å²) in [7, 11) is 1.42. The lowest BCUT2D eigenvalue weighted by molar-refractivity contribution is -0.384. The molecule has 2 aromatic carbocycles. The average molecular weight is 514 g/mol. The minimum Gasteiger partial charge on any atom is -0.496 e. The maximum atomic E-state index is 12.7. The van der Waals surface area contributed by atoms with Gasteiger partial charge < -0.3 is 14.5 Å². The van der Waals surface area contributed by atoms with E-state index >= 15 is 0 Å². The molecule has 2 heterocycles. The minimum absolute atomic E-state index is 0.0625. The Hall–Kier alpha value is -4.09. The summed E-state index contributed by atoms with van der Waals surface area (Å²) >= 11 is 6.68. The smallest absolute Gasteiger partial charge is 0.294 e. The molecule has 0 radical (unpaired) electrons. The standard InChI is InChI=1S/C23H16ClN3O7S/c1-33-18-8-6-13(27(31)32)10-15(18)19-9-7-14(34-19)11-20-22(29)26(23(30)35-20)12-21(28)25-17-5-3-2-4-16(17)24/h2-11H,12H2,1H3,(H,25,28)/b20-11+. The first-order valence-electron chi connectivity index (χ1n) is 9.99. The van der Waals surface area contributed by atoms with E-state index in [4.69, 9.17) is 20.8 Å². The highest BCUT2D eigenvalue weighted by atomic mass is 35.5. The monoisotopic (exact) mass is 513 g/mol. The van der Waals surface area contributed by atoms with Crippen LogP contribution in [-0.2, 0) is 9.59 Å². The normalized spacial score (nSPS) is 14.5. The number of benzene rings is 2. The van der Waals surface area contributed by atoms with Crippen LogP contribution in [0.25, 0.3) is 17.4 Å². The second-order valence-corrected chi connectivity index (χ2v) is 8.54. The van der Waals surface area contributed by atoms with Crippen molar-refractivity contribution in [2.75, 3.05) is 19.0 Å². The Morgan fingerprint density at radius 1 is 1.23 bits per heavy atom. The van der Waals surface area contributed by atoms with Gasteiger partial charge in [-0.1, -0.05) is 23.7 Å². The van der Waals surface area contributed by atoms with Crippen molar-refractivity contribution in [3.8, 4) is 17.1 Å². The Balaban J connectivity index is 1.51. The number of ether oxygens (including phenoxy) is 1. The quantitative estimate of drug-likeness (QED) is 0.259. The van der Waals surface area contributed by atoms with Crippen LogP contribution in [0.5, 0.6) is 5.75 Å². The van der Waals surface area contributed by atoms with Crippen molar-refractivity contribution in [1.82, 2.24) is 4.90 Å². The molecule has 3 aromatic rings. The summed E-state index contributed by atoms with van der Waals surface area (Å²) in [6.45, 7) is -0.485. The predicted molar refractivity (Wildman–Crippen MR) is 130 cm³/mol. The lowest BCUT2D eigenvalue weighted by Crippen LogP contribution is -2.36. The zero-order chi connectivity index (χ0) is 25.1. The number of thioether (sulfide) groups is 1. The summed E-state index contributed by atoms with van der Waals surface area (Å²) in [5, 5.41) is 13.4. The molecule has 1 aromatic heterocycles. The molecule has 0 spiro atoms. The van der Waals surface area contributed by atoms with Crippen LogP contribution < -0.4 is 10.1 Å². The highest BCUT2D eigenvalue weighted by molar-refractivity contribution is 8.18. The van der Waals surface area contributed by atoms with E-state index in [1.807, 2.05) is 0 Å². The van der Waals surface area contributed by atoms with E-state index in [0.717, 1.165) is 4.90 Å². The van der Waals surface area contributed by atoms with Crippen LogP contribution in [-0.4, -0.2) is 40.5 Å². The summed E-state index contributed by atoms with van der Waals surface area (Å²) in [6, 6.07) is 13.8. The molecular formula is C23H16ClN3O7S. The summed E-state index contributed by atoms with van der Waals surface area (Å²) < 4.78 is 11.0. The van der Waals surface area contributed by atoms with Gasteiger partial charge in [-0.15, -0.1) is 0 Å². The molecule has 1 saturated heterocycles. The van der Waals surface area contributed by atoms with Gasteiger partial charge in [0.2, 0.25) is 5.91 Å². The molecule has 10 nitrogen and oxygen atoms in total. The summed E-state index contributed by atoms with van der Waals surface area (Å²) in [5.41, 5.74) is 0.571. The van der Waals surface area contributed by atoms with Gasteiger partial charge in [0.25, 0.3) is 16.8 Å². The van der Waals surface area contributed by atoms with Gasteiger partial charge in [-0.2, -0.15) is 0 Å². The number of methoxy groups -OCH3 is 1. The van der Waals surface area contributed by atoms with Crippen molar-refractivity contribution in [3.63, 3.8) is 0 Å². The summed E-state index contributed by atoms with van der Waals surface area (Å²) in [6.07, 6.45) is 1.37. The summed E-state index contributed by atoms with van der Waals surface area (Å²) in [4.78, 5) is 48.9. The zero-order valence-corrected chi connectivity index (χ0v) is 19.6. The Kier molecular flexibility index (Phi) is 6.90. The number of hydrogen-bond donors (Lipinski definition) is 1. The third-order valence-corrected chi connectivity index (χ3v) is 6.12. The number of imide groups is 1. The molecule has 1 N–H and O–H groups in total. The Morgan fingerprint density at radius 3 is 2.71 bits per heavy atom. The molecule has 4 rings (SSSR count). The number of nitro groups is 1. The van der Waals surface area contributed by atoms with Gasteiger partial charge in [0, 0.05) is 18.2 Å². The molecule has 3 amide bonds. The van der Waals surface area contributed by atoms with Crippen LogP contribution in [0.1, 0.15) is 5.76 Å². The second-order valence-electron chi connectivity index (χ2n) is 7.14. The average Bonchev–Trinajstić information content (AvgIpc) is 3.40. The summed E-state index contributed by atoms with van der Waals surface area (Å²) in [5.74, 6) is -0.365. The molecule has 0 unspecified atom stereocenters. The number of hydrogen-bond acceptors (Lipinski definition) is 8. The zero-order valence-electron chi connectivity index (χ0n) is 18.0. The third kappa shape index (κ3) is 5.20. The second kappa shape index (κ2) is 10.0. The predicted octanol–water partition coefficient (Wildman–Crippen LogP) is 5.19. The van der Waals surface area contributed by atoms with Crippen LogP contribution in [0.15, 0.2) is 63.9 Å². The maximum Gasteiger partial charge on any atom is 0.294 e. The van der Waals surface area contributed by atoms with Gasteiger partial charge in [0.15, 0.2) is 0 Å². The van der Waals surface area contributed by atoms with Crippen molar-refractivity contribution >= 4 is 57.9 Å². The number of halogens is 1. The molecule has 1 fully saturated rings. The number of carbonyl (C=O) groups excluding carboxylic acids is 3. The first-order chi connectivity index (χ1) is 16.8. The molecule has 1 aliphatic heterocycles. The molecule has 0 aliphatic carbocycles. The Bertz CT molecular complexity index is 1380. The van der Waals surface area contributed by atoms with Crippen LogP contribution in [0.4, 0.5) is 16.2 Å². The van der Waals surface area contributed by atoms with E-state index in [-0.39, 0.29) is 22.1 Å². The fourth-order valence-electron chi connectivity index (χ4n) is 3.24. The van der Waals surface area contributed by atoms with Crippen molar-refractivity contribution in [2.45, 2.75) is 0 Å². The van der Waals surface area contributed by atoms with E-state index in [0.29, 0.717) is 33.8 Å². The van der Waals surface area contributed by atoms with E-state index in [2.05, 4.69) is 5.32 Å². The van der Waals surface area contributed by atoms with E-state index in [1.165, 1.54) is 31.4 Å². The minimum atomic E-state index is -0.653. The third-order valence-electron chi connectivity index (χ3n) is 4.88. The van der Waals surface area contributed by atoms with Gasteiger partial charge in [0.1, 0.15) is 23.8 Å². The number of non-ortho nitro benzene ring substituents is 1. The number of rotatable bonds is 7. The lowest BCUT2D eigenvalue weighted by atomic mass is 10.1. The topological polar surface area (TPSA) is 132 Å². The highest BCUT2D eigenvalue weighted by Gasteiger charge is 2.36. The number of carbonyl (C=O) groups is 3. The fraction of sp³-hybridized carbons (Fsp3) is 0.0870. The Morgan fingerprint density at radius 2 is 2.00 bits per heavy atom. The number of furan rings is 1. The number of amides is 3. The first-order valence-corrected chi connectivity index (χ1v) is 11.2. The van der Waals surface area contributed by atoms with Crippen LogP contribution in [0.3, 0.4) is 0 Å². The molecule has 1 aliphatic rings. The maximum absolute atomic E-state index is 12.7. The van der Waals surface area contributed by atoms with Crippen molar-refractivity contribution in [3.05, 3.63) is 80.4 Å². The molecular weight excluding hydrogens is 498 g/mol. The highest BCUT2D eigenvalue weighted by Crippen LogP contribution is 2.36. The van der Waals surface area contributed by atoms with Gasteiger partial charge in [-0.05, 0) is 42.1 Å². The number of anilines is 1. The van der Waals surface area contributed by atoms with E-state index < -0.39 is 28.5 Å². The molecule has 0 atom stereocenters. The number of nitro benzene ring substituents is 1. The van der Waals surface area contributed by atoms with Crippen LogP contribution >= 0.6 is 23.4 Å². The SMILES string of the molecule is COc1ccc([N+](=O)[O-])cc1-c1ccc(/C=C2/SC(=O)N(CC(=O)Nc3ccccc3Cl)C2=O)o1. The van der Waals surface area contributed by atoms with Gasteiger partial charge in [-0.3, -0.25) is 29.4 Å². The van der Waals surface area contributed by atoms with E-state index in [9.17, 15) is 24.5 Å². The van der Waals surface area contributed by atoms with E-state index in [1.54, 1.807) is 36.4 Å². The first kappa shape index (κ1) is 24.0. The Labute approximate surface area is 207 Å². The number of nitrogens with one attached hydrogen (secondary N) is 1. The molecule has 0 bridgehead atoms. The fourth-order valence-corrected chi connectivity index (χ4v) is 4.24. The molecule has 35 heavy (non-hydrogen) atoms. The largest absolute Gasteiger partial charge is 0.496 e. The molecule has 12 heteroatoms. The molecule has 178 valence electrons. The van der Waals surface area contributed by atoms with Crippen molar-refractivity contribution in [1.29, 1.82) is 0 Å². The number of nitrogens with zero attached hydrogens (tertiary/aromatic N) is 2. The van der Waals surface area contributed by atoms with Crippen LogP contribution in [0.2, 0.25) is 5.02 Å². The van der Waals surface area contributed by atoms with Crippen molar-refractivity contribution < 1.29 is 28.5 Å². The van der Waals surface area contributed by atoms with Gasteiger partial charge in [0.05, 0.1) is 33.2 Å².